The smallest absolute Gasteiger partial charge is 0.0931 e. The number of hydrogen-bond donors (Lipinski definition) is 1. The minimum atomic E-state index is 1.03. The summed E-state index contributed by atoms with van der Waals surface area (Å²) in [6, 6.07) is 7.94. The van der Waals surface area contributed by atoms with Gasteiger partial charge in [-0.1, -0.05) is 26.0 Å². The number of aromatic amines is 1. The third-order valence-electron chi connectivity index (χ3n) is 1.33. The first-order valence-corrected chi connectivity index (χ1v) is 3.85. The summed E-state index contributed by atoms with van der Waals surface area (Å²) in [5.74, 6) is 0. The molecule has 1 aromatic carbocycles. The van der Waals surface area contributed by atoms with Crippen LogP contribution in [0.1, 0.15) is 13.8 Å². The predicted octanol–water partition coefficient (Wildman–Crippen LogP) is 2.59. The van der Waals surface area contributed by atoms with Crippen LogP contribution in [0.4, 0.5) is 0 Å². The normalized spacial score (nSPS) is 8.91. The molecule has 0 spiro atoms. The van der Waals surface area contributed by atoms with Crippen molar-refractivity contribution in [1.82, 2.24) is 9.97 Å². The van der Waals surface area contributed by atoms with Gasteiger partial charge < -0.3 is 4.98 Å². The van der Waals surface area contributed by atoms with Gasteiger partial charge in [0.2, 0.25) is 0 Å². The number of hydrogen-bond acceptors (Lipinski definition) is 1. The van der Waals surface area contributed by atoms with Crippen molar-refractivity contribution in [2.24, 2.45) is 0 Å². The lowest BCUT2D eigenvalue weighted by Crippen LogP contribution is -1.63. The molecule has 2 nitrogen and oxygen atoms in total. The van der Waals surface area contributed by atoms with Crippen molar-refractivity contribution in [2.45, 2.75) is 13.8 Å². The highest BCUT2D eigenvalue weighted by atomic mass is 14.9. The lowest BCUT2D eigenvalue weighted by molar-refractivity contribution is 1.34. The van der Waals surface area contributed by atoms with Crippen molar-refractivity contribution in [3.05, 3.63) is 30.6 Å². The molecule has 1 N–H and O–H groups in total. The molecule has 0 fully saturated rings. The molecule has 58 valence electrons. The molecule has 2 rings (SSSR count). The monoisotopic (exact) mass is 148 g/mol. The van der Waals surface area contributed by atoms with Gasteiger partial charge in [-0.3, -0.25) is 0 Å². The number of nitrogens with one attached hydrogen (secondary N) is 1. The van der Waals surface area contributed by atoms with Crippen molar-refractivity contribution in [3.63, 3.8) is 0 Å². The van der Waals surface area contributed by atoms with E-state index in [4.69, 9.17) is 0 Å². The predicted molar refractivity (Wildman–Crippen MR) is 47.4 cm³/mol. The number of benzene rings is 1. The number of imidazole rings is 1. The minimum absolute atomic E-state index is 1.03. The molecule has 1 heterocycles. The standard InChI is InChI=1S/C7H6N2.C2H6/c1-2-4-7-6(3-1)8-5-9-7;1-2/h1-5H,(H,8,9);1-2H3. The molecule has 0 aliphatic carbocycles. The van der Waals surface area contributed by atoms with Crippen molar-refractivity contribution in [3.8, 4) is 0 Å². The maximum atomic E-state index is 4.06. The number of para-hydroxylation sites is 2. The first-order chi connectivity index (χ1) is 5.47. The average Bonchev–Trinajstić information content (AvgIpc) is 2.55. The summed E-state index contributed by atoms with van der Waals surface area (Å²) in [6.45, 7) is 4.00. The van der Waals surface area contributed by atoms with E-state index in [1.165, 1.54) is 0 Å². The van der Waals surface area contributed by atoms with E-state index in [-0.39, 0.29) is 0 Å². The number of aromatic nitrogens is 2. The van der Waals surface area contributed by atoms with Crippen molar-refractivity contribution in [2.75, 3.05) is 0 Å². The van der Waals surface area contributed by atoms with Gasteiger partial charge in [0.1, 0.15) is 0 Å². The molecule has 0 saturated carbocycles. The van der Waals surface area contributed by atoms with Crippen molar-refractivity contribution >= 4 is 11.0 Å². The van der Waals surface area contributed by atoms with Crippen LogP contribution in [0, 0.1) is 0 Å². The number of H-pyrrole nitrogens is 1. The molecule has 1 aromatic heterocycles. The fourth-order valence-electron chi connectivity index (χ4n) is 0.880. The fraction of sp³-hybridized carbons (Fsp3) is 0.222. The van der Waals surface area contributed by atoms with Crippen LogP contribution in [-0.4, -0.2) is 9.97 Å². The molecule has 0 saturated heterocycles. The zero-order valence-corrected chi connectivity index (χ0v) is 6.83. The van der Waals surface area contributed by atoms with E-state index < -0.39 is 0 Å². The minimum Gasteiger partial charge on any atom is -0.345 e. The highest BCUT2D eigenvalue weighted by molar-refractivity contribution is 5.73. The van der Waals surface area contributed by atoms with E-state index in [2.05, 4.69) is 9.97 Å². The summed E-state index contributed by atoms with van der Waals surface area (Å²) >= 11 is 0. The Morgan fingerprint density at radius 1 is 1.18 bits per heavy atom. The van der Waals surface area contributed by atoms with Gasteiger partial charge in [0.15, 0.2) is 0 Å². The molecular weight excluding hydrogens is 136 g/mol. The van der Waals surface area contributed by atoms with E-state index in [1.807, 2.05) is 38.1 Å². The largest absolute Gasteiger partial charge is 0.345 e. The Morgan fingerprint density at radius 2 is 1.91 bits per heavy atom. The third-order valence-corrected chi connectivity index (χ3v) is 1.33. The van der Waals surface area contributed by atoms with Gasteiger partial charge >= 0.3 is 0 Å². The summed E-state index contributed by atoms with van der Waals surface area (Å²) in [5.41, 5.74) is 2.12. The van der Waals surface area contributed by atoms with Gasteiger partial charge in [-0.05, 0) is 12.1 Å². The van der Waals surface area contributed by atoms with Crippen LogP contribution in [0.25, 0.3) is 11.0 Å². The highest BCUT2D eigenvalue weighted by Gasteiger charge is 1.88. The summed E-state index contributed by atoms with van der Waals surface area (Å²) in [5, 5.41) is 0. The fourth-order valence-corrected chi connectivity index (χ4v) is 0.880. The van der Waals surface area contributed by atoms with Crippen LogP contribution in [0.15, 0.2) is 30.6 Å². The second kappa shape index (κ2) is 3.76. The van der Waals surface area contributed by atoms with E-state index in [0.29, 0.717) is 0 Å². The molecule has 2 aromatic rings. The lowest BCUT2D eigenvalue weighted by Gasteiger charge is -1.81. The van der Waals surface area contributed by atoms with Crippen LogP contribution < -0.4 is 0 Å². The van der Waals surface area contributed by atoms with Crippen LogP contribution in [-0.2, 0) is 0 Å². The molecule has 0 atom stereocenters. The summed E-state index contributed by atoms with van der Waals surface area (Å²) in [6.07, 6.45) is 1.70. The van der Waals surface area contributed by atoms with Crippen LogP contribution >= 0.6 is 0 Å². The summed E-state index contributed by atoms with van der Waals surface area (Å²) < 4.78 is 0. The van der Waals surface area contributed by atoms with Gasteiger partial charge in [-0.25, -0.2) is 4.98 Å². The topological polar surface area (TPSA) is 28.7 Å². The van der Waals surface area contributed by atoms with Crippen LogP contribution in [0.5, 0.6) is 0 Å². The third kappa shape index (κ3) is 1.58. The Balaban J connectivity index is 0.000000281. The first kappa shape index (κ1) is 7.79. The van der Waals surface area contributed by atoms with Gasteiger partial charge in [-0.2, -0.15) is 0 Å². The number of rotatable bonds is 0. The summed E-state index contributed by atoms with van der Waals surface area (Å²) in [7, 11) is 0. The maximum Gasteiger partial charge on any atom is 0.0931 e. The SMILES string of the molecule is CC.c1ccc2[nH]cnc2c1. The average molecular weight is 148 g/mol. The molecule has 0 aliphatic rings. The molecule has 0 radical (unpaired) electrons. The Bertz CT molecular complexity index is 282. The number of fused-ring (bicyclic) bond motifs is 1. The van der Waals surface area contributed by atoms with Gasteiger partial charge in [-0.15, -0.1) is 0 Å². The molecule has 11 heavy (non-hydrogen) atoms. The van der Waals surface area contributed by atoms with E-state index in [0.717, 1.165) is 11.0 Å². The maximum absolute atomic E-state index is 4.06. The molecule has 0 aliphatic heterocycles. The molecular formula is C9H12N2. The first-order valence-electron chi connectivity index (χ1n) is 3.85. The highest BCUT2D eigenvalue weighted by Crippen LogP contribution is 2.05. The van der Waals surface area contributed by atoms with E-state index >= 15 is 0 Å². The Kier molecular flexibility index (Phi) is 2.66. The Morgan fingerprint density at radius 3 is 2.64 bits per heavy atom. The van der Waals surface area contributed by atoms with Crippen LogP contribution in [0.3, 0.4) is 0 Å². The molecule has 2 heteroatoms. The number of nitrogens with zero attached hydrogens (tertiary/aromatic N) is 1. The zero-order chi connectivity index (χ0) is 8.10. The Labute approximate surface area is 66.3 Å². The quantitative estimate of drug-likeness (QED) is 0.611. The van der Waals surface area contributed by atoms with Gasteiger partial charge in [0, 0.05) is 0 Å². The van der Waals surface area contributed by atoms with Crippen molar-refractivity contribution in [1.29, 1.82) is 0 Å². The van der Waals surface area contributed by atoms with Crippen LogP contribution in [0.2, 0.25) is 0 Å². The van der Waals surface area contributed by atoms with E-state index in [1.54, 1.807) is 6.33 Å². The Hall–Kier alpha value is -1.31. The second-order valence-electron chi connectivity index (χ2n) is 1.92. The lowest BCUT2D eigenvalue weighted by atomic mass is 10.3. The van der Waals surface area contributed by atoms with Gasteiger partial charge in [0.25, 0.3) is 0 Å². The van der Waals surface area contributed by atoms with E-state index in [9.17, 15) is 0 Å². The molecule has 0 unspecified atom stereocenters. The second-order valence-corrected chi connectivity index (χ2v) is 1.92. The van der Waals surface area contributed by atoms with Crippen molar-refractivity contribution < 1.29 is 0 Å². The zero-order valence-electron chi connectivity index (χ0n) is 6.83. The van der Waals surface area contributed by atoms with Gasteiger partial charge in [0.05, 0.1) is 17.4 Å². The summed E-state index contributed by atoms with van der Waals surface area (Å²) in [4.78, 5) is 7.07. The molecule has 0 amide bonds. The molecule has 0 bridgehead atoms.